The molecule has 10 heteroatoms. The molecule has 0 heterocycles. The first-order valence-electron chi connectivity index (χ1n) is 9.16. The summed E-state index contributed by atoms with van der Waals surface area (Å²) < 4.78 is 30.9. The zero-order chi connectivity index (χ0) is 23.4. The summed E-state index contributed by atoms with van der Waals surface area (Å²) in [6, 6.07) is 13.3. The van der Waals surface area contributed by atoms with Crippen molar-refractivity contribution >= 4 is 34.5 Å². The van der Waals surface area contributed by atoms with Gasteiger partial charge in [0.15, 0.2) is 5.75 Å². The molecule has 0 aliphatic rings. The Kier molecular flexibility index (Phi) is 7.24. The highest BCUT2D eigenvalue weighted by Crippen LogP contribution is 2.31. The SMILES string of the molecule is COC(=O)c1ccc(-c2ccccc2CNC(=O)c2cc(Cl)c(O)c(S(N)=O)c2)c(F)c1. The Hall–Kier alpha value is -3.27. The molecule has 0 saturated heterocycles. The number of aromatic hydroxyl groups is 1. The van der Waals surface area contributed by atoms with Gasteiger partial charge in [-0.05, 0) is 35.4 Å². The number of methoxy groups -OCH3 is 1. The van der Waals surface area contributed by atoms with Crippen molar-refractivity contribution in [3.05, 3.63) is 82.1 Å². The highest BCUT2D eigenvalue weighted by Gasteiger charge is 2.17. The van der Waals surface area contributed by atoms with Crippen LogP contribution < -0.4 is 10.5 Å². The molecule has 0 saturated carbocycles. The average molecular weight is 477 g/mol. The number of nitrogens with one attached hydrogen (secondary N) is 1. The van der Waals surface area contributed by atoms with Gasteiger partial charge < -0.3 is 15.2 Å². The molecular weight excluding hydrogens is 459 g/mol. The van der Waals surface area contributed by atoms with Gasteiger partial charge in [-0.2, -0.15) is 0 Å². The maximum atomic E-state index is 14.7. The number of esters is 1. The number of benzene rings is 3. The Morgan fingerprint density at radius 1 is 1.12 bits per heavy atom. The fraction of sp³-hybridized carbons (Fsp3) is 0.0909. The van der Waals surface area contributed by atoms with Gasteiger partial charge >= 0.3 is 5.97 Å². The third-order valence-electron chi connectivity index (χ3n) is 4.64. The summed E-state index contributed by atoms with van der Waals surface area (Å²) in [4.78, 5) is 24.1. The Balaban J connectivity index is 1.86. The number of phenols is 1. The van der Waals surface area contributed by atoms with Gasteiger partial charge in [0.1, 0.15) is 16.8 Å². The maximum absolute atomic E-state index is 14.7. The number of halogens is 2. The van der Waals surface area contributed by atoms with Gasteiger partial charge in [-0.15, -0.1) is 0 Å². The van der Waals surface area contributed by atoms with Gasteiger partial charge in [0.25, 0.3) is 5.91 Å². The van der Waals surface area contributed by atoms with Crippen molar-refractivity contribution in [3.8, 4) is 16.9 Å². The highest BCUT2D eigenvalue weighted by atomic mass is 35.5. The van der Waals surface area contributed by atoms with Crippen LogP contribution >= 0.6 is 11.6 Å². The van der Waals surface area contributed by atoms with Crippen molar-refractivity contribution in [1.82, 2.24) is 5.32 Å². The Bertz CT molecular complexity index is 1230. The first-order chi connectivity index (χ1) is 15.2. The smallest absolute Gasteiger partial charge is 0.337 e. The van der Waals surface area contributed by atoms with E-state index < -0.39 is 34.4 Å². The molecule has 0 aromatic heterocycles. The van der Waals surface area contributed by atoms with Crippen LogP contribution in [0.1, 0.15) is 26.3 Å². The number of carbonyl (C=O) groups excluding carboxylic acids is 2. The van der Waals surface area contributed by atoms with Crippen LogP contribution in [0.4, 0.5) is 4.39 Å². The Morgan fingerprint density at radius 3 is 2.50 bits per heavy atom. The van der Waals surface area contributed by atoms with E-state index in [2.05, 4.69) is 10.1 Å². The lowest BCUT2D eigenvalue weighted by atomic mass is 9.98. The number of nitrogens with two attached hydrogens (primary N) is 1. The van der Waals surface area contributed by atoms with Crippen molar-refractivity contribution in [2.45, 2.75) is 11.4 Å². The van der Waals surface area contributed by atoms with Crippen molar-refractivity contribution in [3.63, 3.8) is 0 Å². The molecule has 1 unspecified atom stereocenters. The summed E-state index contributed by atoms with van der Waals surface area (Å²) in [5.74, 6) is -2.29. The number of phenolic OH excluding ortho intramolecular Hbond substituents is 1. The average Bonchev–Trinajstić information content (AvgIpc) is 2.78. The topological polar surface area (TPSA) is 119 Å². The van der Waals surface area contributed by atoms with Crippen LogP contribution in [0.5, 0.6) is 5.75 Å². The minimum atomic E-state index is -2.04. The third-order valence-corrected chi connectivity index (χ3v) is 5.68. The minimum absolute atomic E-state index is 0.0345. The monoisotopic (exact) mass is 476 g/mol. The summed E-state index contributed by atoms with van der Waals surface area (Å²) >= 11 is 5.90. The number of carbonyl (C=O) groups is 2. The molecule has 4 N–H and O–H groups in total. The van der Waals surface area contributed by atoms with E-state index in [4.69, 9.17) is 16.7 Å². The molecule has 3 rings (SSSR count). The van der Waals surface area contributed by atoms with Gasteiger partial charge in [0.2, 0.25) is 0 Å². The molecule has 0 aliphatic carbocycles. The predicted octanol–water partition coefficient (Wildman–Crippen LogP) is 3.55. The molecule has 1 amide bonds. The molecular formula is C22H18ClFN2O5S. The number of rotatable bonds is 6. The van der Waals surface area contributed by atoms with E-state index in [9.17, 15) is 23.3 Å². The molecule has 1 atom stereocenters. The lowest BCUT2D eigenvalue weighted by Crippen LogP contribution is -2.23. The highest BCUT2D eigenvalue weighted by molar-refractivity contribution is 7.82. The van der Waals surface area contributed by atoms with Crippen molar-refractivity contribution in [2.75, 3.05) is 7.11 Å². The normalized spacial score (nSPS) is 11.6. The fourth-order valence-corrected chi connectivity index (χ4v) is 3.87. The molecule has 32 heavy (non-hydrogen) atoms. The van der Waals surface area contributed by atoms with Crippen molar-refractivity contribution < 1.29 is 28.0 Å². The molecule has 0 spiro atoms. The van der Waals surface area contributed by atoms with Gasteiger partial charge in [0, 0.05) is 17.7 Å². The lowest BCUT2D eigenvalue weighted by Gasteiger charge is -2.13. The number of ether oxygens (including phenoxy) is 1. The van der Waals surface area contributed by atoms with Crippen LogP contribution in [0.3, 0.4) is 0 Å². The van der Waals surface area contributed by atoms with Gasteiger partial charge in [-0.3, -0.25) is 4.79 Å². The van der Waals surface area contributed by atoms with Crippen molar-refractivity contribution in [1.29, 1.82) is 0 Å². The Morgan fingerprint density at radius 2 is 1.84 bits per heavy atom. The van der Waals surface area contributed by atoms with E-state index in [1.807, 2.05) is 0 Å². The molecule has 0 radical (unpaired) electrons. The van der Waals surface area contributed by atoms with Crippen LogP contribution in [0, 0.1) is 5.82 Å². The zero-order valence-electron chi connectivity index (χ0n) is 16.7. The van der Waals surface area contributed by atoms with Crippen LogP contribution in [-0.4, -0.2) is 28.3 Å². The summed E-state index contributed by atoms with van der Waals surface area (Å²) in [6.07, 6.45) is 0. The van der Waals surface area contributed by atoms with E-state index in [0.717, 1.165) is 6.07 Å². The summed E-state index contributed by atoms with van der Waals surface area (Å²) in [7, 11) is -0.834. The van der Waals surface area contributed by atoms with E-state index >= 15 is 0 Å². The first kappa shape index (κ1) is 23.4. The lowest BCUT2D eigenvalue weighted by molar-refractivity contribution is 0.0600. The van der Waals surface area contributed by atoms with Crippen LogP contribution in [0.15, 0.2) is 59.5 Å². The second kappa shape index (κ2) is 9.90. The van der Waals surface area contributed by atoms with Crippen LogP contribution in [0.2, 0.25) is 5.02 Å². The molecule has 0 fully saturated rings. The number of amides is 1. The second-order valence-corrected chi connectivity index (χ2v) is 8.07. The zero-order valence-corrected chi connectivity index (χ0v) is 18.3. The van der Waals surface area contributed by atoms with Gasteiger partial charge in [-0.25, -0.2) is 18.5 Å². The third kappa shape index (κ3) is 4.96. The number of hydrogen-bond donors (Lipinski definition) is 3. The molecule has 0 aliphatic heterocycles. The number of hydrogen-bond acceptors (Lipinski definition) is 5. The van der Waals surface area contributed by atoms with Crippen LogP contribution in [-0.2, 0) is 22.3 Å². The Labute approximate surface area is 190 Å². The fourth-order valence-electron chi connectivity index (χ4n) is 3.05. The quantitative estimate of drug-likeness (QED) is 0.470. The largest absolute Gasteiger partial charge is 0.505 e. The van der Waals surface area contributed by atoms with E-state index in [1.165, 1.54) is 31.4 Å². The standard InChI is InChI=1S/C22H18ClFN2O5S/c1-31-22(29)12-6-7-16(18(24)9-12)15-5-3-2-4-13(15)11-26-21(28)14-8-17(23)20(27)19(10-14)32(25)30/h2-10,27H,11,25H2,1H3,(H,26,28). The summed E-state index contributed by atoms with van der Waals surface area (Å²) in [6.45, 7) is 0.0345. The van der Waals surface area contributed by atoms with Crippen LogP contribution in [0.25, 0.3) is 11.1 Å². The molecule has 3 aromatic rings. The maximum Gasteiger partial charge on any atom is 0.337 e. The first-order valence-corrected chi connectivity index (χ1v) is 10.7. The minimum Gasteiger partial charge on any atom is -0.505 e. The van der Waals surface area contributed by atoms with E-state index in [-0.39, 0.29) is 33.2 Å². The molecule has 7 nitrogen and oxygen atoms in total. The van der Waals surface area contributed by atoms with E-state index in [1.54, 1.807) is 24.3 Å². The van der Waals surface area contributed by atoms with Crippen molar-refractivity contribution in [2.24, 2.45) is 5.14 Å². The second-order valence-electron chi connectivity index (χ2n) is 6.63. The molecule has 3 aromatic carbocycles. The van der Waals surface area contributed by atoms with E-state index in [0.29, 0.717) is 11.1 Å². The van der Waals surface area contributed by atoms with Gasteiger partial charge in [-0.1, -0.05) is 41.9 Å². The predicted molar refractivity (Wildman–Crippen MR) is 118 cm³/mol. The summed E-state index contributed by atoms with van der Waals surface area (Å²) in [5.41, 5.74) is 1.51. The summed E-state index contributed by atoms with van der Waals surface area (Å²) in [5, 5.41) is 17.7. The molecule has 0 bridgehead atoms. The molecule has 166 valence electrons. The van der Waals surface area contributed by atoms with Gasteiger partial charge in [0.05, 0.1) is 22.6 Å².